The van der Waals surface area contributed by atoms with E-state index in [1.54, 1.807) is 12.1 Å². The van der Waals surface area contributed by atoms with E-state index in [-0.39, 0.29) is 18.9 Å². The Kier molecular flexibility index (Phi) is 7.67. The Balaban J connectivity index is 1.53. The van der Waals surface area contributed by atoms with Crippen molar-refractivity contribution in [3.05, 3.63) is 40.9 Å². The molecule has 1 saturated carbocycles. The van der Waals surface area contributed by atoms with Gasteiger partial charge in [0.15, 0.2) is 0 Å². The molecule has 1 saturated heterocycles. The molecule has 9 heteroatoms. The van der Waals surface area contributed by atoms with Gasteiger partial charge in [0.25, 0.3) is 0 Å². The van der Waals surface area contributed by atoms with Crippen LogP contribution in [0.4, 0.5) is 0 Å². The van der Waals surface area contributed by atoms with Gasteiger partial charge in [0, 0.05) is 23.4 Å². The summed E-state index contributed by atoms with van der Waals surface area (Å²) in [4.78, 5) is 46.2. The van der Waals surface area contributed by atoms with E-state index in [0.717, 1.165) is 31.2 Å². The first-order valence-electron chi connectivity index (χ1n) is 12.7. The van der Waals surface area contributed by atoms with Gasteiger partial charge < -0.3 is 15.3 Å². The highest BCUT2D eigenvalue weighted by molar-refractivity contribution is 6.30. The maximum atomic E-state index is 13.8. The molecule has 4 rings (SSSR count). The predicted octanol–water partition coefficient (Wildman–Crippen LogP) is 4.14. The standard InChI is InChI=1S/C27H36ClN3O5/c1-26(2,3)23(29-22(32)12-17-8-5-4-6-9-17)24(33)31-16-27(15-21(31)25(34)35)14-20(30-36-27)18-10-7-11-19(28)13-18/h7,10-11,13-14,17,21,23,30H,4-6,8-9,12,15-16H2,1-3H3,(H,29,32)(H,34,35)/t21-,23+,27+/m0/s1. The molecule has 8 nitrogen and oxygen atoms in total. The van der Waals surface area contributed by atoms with Gasteiger partial charge in [-0.25, -0.2) is 4.79 Å². The second-order valence-electron chi connectivity index (χ2n) is 11.4. The van der Waals surface area contributed by atoms with E-state index in [1.165, 1.54) is 11.3 Å². The van der Waals surface area contributed by atoms with E-state index in [9.17, 15) is 19.5 Å². The van der Waals surface area contributed by atoms with Crippen LogP contribution in [0.25, 0.3) is 5.70 Å². The number of hydrogen-bond donors (Lipinski definition) is 3. The van der Waals surface area contributed by atoms with Crippen molar-refractivity contribution < 1.29 is 24.3 Å². The Morgan fingerprint density at radius 1 is 1.25 bits per heavy atom. The second-order valence-corrected chi connectivity index (χ2v) is 11.9. The lowest BCUT2D eigenvalue weighted by atomic mass is 9.84. The van der Waals surface area contributed by atoms with E-state index in [1.807, 2.05) is 39.0 Å². The third-order valence-electron chi connectivity index (χ3n) is 7.45. The minimum absolute atomic E-state index is 0.0605. The van der Waals surface area contributed by atoms with Gasteiger partial charge in [0.05, 0.1) is 12.2 Å². The Morgan fingerprint density at radius 3 is 2.61 bits per heavy atom. The molecule has 1 aliphatic carbocycles. The maximum absolute atomic E-state index is 13.8. The van der Waals surface area contributed by atoms with E-state index in [4.69, 9.17) is 16.4 Å². The summed E-state index contributed by atoms with van der Waals surface area (Å²) in [5, 5.41) is 13.5. The normalized spacial score (nSPS) is 25.4. The fourth-order valence-electron chi connectivity index (χ4n) is 5.50. The second kappa shape index (κ2) is 10.4. The quantitative estimate of drug-likeness (QED) is 0.523. The average molecular weight is 518 g/mol. The van der Waals surface area contributed by atoms with Crippen LogP contribution in [0, 0.1) is 11.3 Å². The summed E-state index contributed by atoms with van der Waals surface area (Å²) < 4.78 is 0. The predicted molar refractivity (Wildman–Crippen MR) is 137 cm³/mol. The van der Waals surface area contributed by atoms with Crippen molar-refractivity contribution in [1.82, 2.24) is 15.7 Å². The zero-order valence-corrected chi connectivity index (χ0v) is 21.9. The first-order chi connectivity index (χ1) is 17.0. The number of aliphatic carboxylic acids is 1. The number of nitrogens with zero attached hydrogens (tertiary/aromatic N) is 1. The number of carbonyl (C=O) groups excluding carboxylic acids is 2. The summed E-state index contributed by atoms with van der Waals surface area (Å²) >= 11 is 6.12. The van der Waals surface area contributed by atoms with Crippen LogP contribution in [0.15, 0.2) is 30.3 Å². The van der Waals surface area contributed by atoms with E-state index in [2.05, 4.69) is 10.8 Å². The molecule has 2 aliphatic heterocycles. The molecule has 2 amide bonds. The molecular weight excluding hydrogens is 482 g/mol. The third-order valence-corrected chi connectivity index (χ3v) is 7.68. The van der Waals surface area contributed by atoms with E-state index in [0.29, 0.717) is 23.1 Å². The number of benzene rings is 1. The van der Waals surface area contributed by atoms with Crippen LogP contribution in [0.5, 0.6) is 0 Å². The molecule has 3 atom stereocenters. The molecular formula is C27H36ClN3O5. The molecule has 1 aromatic carbocycles. The molecule has 1 aromatic rings. The van der Waals surface area contributed by atoms with Crippen molar-refractivity contribution in [1.29, 1.82) is 0 Å². The van der Waals surface area contributed by atoms with Crippen LogP contribution in [-0.4, -0.2) is 52.0 Å². The monoisotopic (exact) mass is 517 g/mol. The number of carboxylic acid groups (broad SMARTS) is 1. The lowest BCUT2D eigenvalue weighted by molar-refractivity contribution is -0.150. The number of carbonyl (C=O) groups is 3. The molecule has 36 heavy (non-hydrogen) atoms. The minimum Gasteiger partial charge on any atom is -0.480 e. The lowest BCUT2D eigenvalue weighted by Gasteiger charge is -2.35. The molecule has 0 aromatic heterocycles. The van der Waals surface area contributed by atoms with Crippen molar-refractivity contribution in [2.24, 2.45) is 11.3 Å². The van der Waals surface area contributed by atoms with Crippen molar-refractivity contribution >= 4 is 35.1 Å². The average Bonchev–Trinajstić information content (AvgIpc) is 3.41. The highest BCUT2D eigenvalue weighted by Gasteiger charge is 2.53. The largest absolute Gasteiger partial charge is 0.480 e. The minimum atomic E-state index is -1.10. The number of amides is 2. The van der Waals surface area contributed by atoms with Crippen LogP contribution >= 0.6 is 11.6 Å². The zero-order valence-electron chi connectivity index (χ0n) is 21.2. The van der Waals surface area contributed by atoms with Crippen LogP contribution in [-0.2, 0) is 19.2 Å². The SMILES string of the molecule is CC(C)(C)[C@H](NC(=O)CC1CCCCC1)C(=O)N1C[C@@]2(C=C(c3cccc(Cl)c3)NO2)C[C@H]1C(=O)O. The van der Waals surface area contributed by atoms with Gasteiger partial charge in [-0.15, -0.1) is 0 Å². The fraction of sp³-hybridized carbons (Fsp3) is 0.593. The summed E-state index contributed by atoms with van der Waals surface area (Å²) in [6, 6.07) is 5.32. The van der Waals surface area contributed by atoms with Crippen molar-refractivity contribution in [3.63, 3.8) is 0 Å². The Bertz CT molecular complexity index is 1050. The first-order valence-corrected chi connectivity index (χ1v) is 13.1. The van der Waals surface area contributed by atoms with Gasteiger partial charge in [-0.05, 0) is 42.4 Å². The van der Waals surface area contributed by atoms with E-state index < -0.39 is 35.0 Å². The number of halogens is 1. The summed E-state index contributed by atoms with van der Waals surface area (Å²) in [6.07, 6.45) is 7.85. The molecule has 2 fully saturated rings. The number of likely N-dealkylation sites (tertiary alicyclic amines) is 1. The summed E-state index contributed by atoms with van der Waals surface area (Å²) in [5.41, 5.74) is 2.77. The smallest absolute Gasteiger partial charge is 0.326 e. The molecule has 0 radical (unpaired) electrons. The van der Waals surface area contributed by atoms with Gasteiger partial charge in [0.1, 0.15) is 17.7 Å². The molecule has 3 N–H and O–H groups in total. The van der Waals surface area contributed by atoms with Gasteiger partial charge in [-0.3, -0.25) is 19.9 Å². The van der Waals surface area contributed by atoms with E-state index >= 15 is 0 Å². The van der Waals surface area contributed by atoms with Crippen LogP contribution < -0.4 is 10.8 Å². The third kappa shape index (κ3) is 5.86. The number of hydrogen-bond acceptors (Lipinski definition) is 5. The van der Waals surface area contributed by atoms with Gasteiger partial charge in [-0.2, -0.15) is 0 Å². The number of carboxylic acids is 1. The molecule has 1 spiro atoms. The van der Waals surface area contributed by atoms with Gasteiger partial charge in [-0.1, -0.05) is 63.8 Å². The number of rotatable bonds is 6. The number of nitrogens with one attached hydrogen (secondary N) is 2. The molecule has 0 unspecified atom stereocenters. The Hall–Kier alpha value is -2.58. The lowest BCUT2D eigenvalue weighted by Crippen LogP contribution is -2.57. The Labute approximate surface area is 217 Å². The zero-order chi connectivity index (χ0) is 26.1. The van der Waals surface area contributed by atoms with Crippen molar-refractivity contribution in [2.75, 3.05) is 6.54 Å². The highest BCUT2D eigenvalue weighted by atomic mass is 35.5. The van der Waals surface area contributed by atoms with Crippen LogP contribution in [0.2, 0.25) is 5.02 Å². The molecule has 2 heterocycles. The molecule has 196 valence electrons. The van der Waals surface area contributed by atoms with Crippen molar-refractivity contribution in [3.8, 4) is 0 Å². The molecule has 3 aliphatic rings. The molecule has 0 bridgehead atoms. The Morgan fingerprint density at radius 2 is 1.97 bits per heavy atom. The maximum Gasteiger partial charge on any atom is 0.326 e. The summed E-state index contributed by atoms with van der Waals surface area (Å²) in [7, 11) is 0. The van der Waals surface area contributed by atoms with Crippen LogP contribution in [0.3, 0.4) is 0 Å². The van der Waals surface area contributed by atoms with Gasteiger partial charge in [0.2, 0.25) is 11.8 Å². The topological polar surface area (TPSA) is 108 Å². The van der Waals surface area contributed by atoms with Crippen molar-refractivity contribution in [2.45, 2.75) is 83.4 Å². The highest BCUT2D eigenvalue weighted by Crippen LogP contribution is 2.39. The van der Waals surface area contributed by atoms with Gasteiger partial charge >= 0.3 is 5.97 Å². The summed E-state index contributed by atoms with van der Waals surface area (Å²) in [6.45, 7) is 5.69. The number of hydroxylamine groups is 1. The van der Waals surface area contributed by atoms with Crippen LogP contribution in [0.1, 0.15) is 71.3 Å². The first kappa shape index (κ1) is 26.5. The fourth-order valence-corrected chi connectivity index (χ4v) is 5.69. The summed E-state index contributed by atoms with van der Waals surface area (Å²) in [5.74, 6) is -1.33.